The van der Waals surface area contributed by atoms with Gasteiger partial charge in [-0.25, -0.2) is 4.39 Å². The third-order valence-corrected chi connectivity index (χ3v) is 2.99. The number of ether oxygens (including phenoxy) is 1. The molecule has 2 nitrogen and oxygen atoms in total. The second-order valence-electron chi connectivity index (χ2n) is 3.85. The molecule has 0 spiro atoms. The van der Waals surface area contributed by atoms with Gasteiger partial charge < -0.3 is 10.5 Å². The van der Waals surface area contributed by atoms with E-state index in [9.17, 15) is 4.39 Å². The summed E-state index contributed by atoms with van der Waals surface area (Å²) in [6.07, 6.45) is 0. The van der Waals surface area contributed by atoms with Crippen LogP contribution in [0.3, 0.4) is 0 Å². The highest BCUT2D eigenvalue weighted by molar-refractivity contribution is 6.30. The number of rotatable bonds is 3. The van der Waals surface area contributed by atoms with Gasteiger partial charge in [0.1, 0.15) is 11.6 Å². The molecule has 2 aromatic rings. The molecule has 94 valence electrons. The van der Waals surface area contributed by atoms with E-state index in [-0.39, 0.29) is 5.82 Å². The van der Waals surface area contributed by atoms with Crippen molar-refractivity contribution in [3.05, 3.63) is 52.8 Å². The molecule has 0 aliphatic rings. The molecule has 18 heavy (non-hydrogen) atoms. The number of methoxy groups -OCH3 is 1. The van der Waals surface area contributed by atoms with Crippen molar-refractivity contribution in [2.45, 2.75) is 6.54 Å². The number of halogens is 2. The molecule has 0 unspecified atom stereocenters. The Hall–Kier alpha value is -1.58. The highest BCUT2D eigenvalue weighted by Gasteiger charge is 2.10. The van der Waals surface area contributed by atoms with E-state index in [2.05, 4.69) is 0 Å². The van der Waals surface area contributed by atoms with Crippen LogP contribution < -0.4 is 10.5 Å². The van der Waals surface area contributed by atoms with Crippen molar-refractivity contribution in [3.8, 4) is 16.9 Å². The fourth-order valence-corrected chi connectivity index (χ4v) is 2.00. The van der Waals surface area contributed by atoms with E-state index in [1.165, 1.54) is 6.07 Å². The molecular formula is C14H13ClFNO. The van der Waals surface area contributed by atoms with Gasteiger partial charge in [-0.3, -0.25) is 0 Å². The monoisotopic (exact) mass is 265 g/mol. The molecule has 0 heterocycles. The van der Waals surface area contributed by atoms with Crippen molar-refractivity contribution in [1.29, 1.82) is 0 Å². The van der Waals surface area contributed by atoms with Gasteiger partial charge in [-0.1, -0.05) is 17.7 Å². The molecule has 0 fully saturated rings. The molecule has 0 radical (unpaired) electrons. The van der Waals surface area contributed by atoms with Crippen LogP contribution in [-0.2, 0) is 6.54 Å². The van der Waals surface area contributed by atoms with Crippen LogP contribution in [0.5, 0.6) is 5.75 Å². The summed E-state index contributed by atoms with van der Waals surface area (Å²) in [6.45, 7) is 0.314. The summed E-state index contributed by atoms with van der Waals surface area (Å²) in [4.78, 5) is 0. The van der Waals surface area contributed by atoms with Crippen molar-refractivity contribution in [1.82, 2.24) is 0 Å². The predicted molar refractivity (Wildman–Crippen MR) is 71.3 cm³/mol. The first kappa shape index (κ1) is 12.9. The molecule has 2 aromatic carbocycles. The van der Waals surface area contributed by atoms with E-state index in [0.717, 1.165) is 11.1 Å². The second kappa shape index (κ2) is 5.38. The SMILES string of the molecule is COc1ccc(-c2ccc(Cl)cc2F)c(CN)c1. The molecule has 0 amide bonds. The first-order valence-corrected chi connectivity index (χ1v) is 5.86. The van der Waals surface area contributed by atoms with Gasteiger partial charge >= 0.3 is 0 Å². The Balaban J connectivity index is 2.56. The van der Waals surface area contributed by atoms with Gasteiger partial charge in [-0.2, -0.15) is 0 Å². The molecule has 4 heteroatoms. The zero-order chi connectivity index (χ0) is 13.1. The maximum atomic E-state index is 13.9. The minimum absolute atomic E-state index is 0.314. The summed E-state index contributed by atoms with van der Waals surface area (Å²) < 4.78 is 19.0. The maximum Gasteiger partial charge on any atom is 0.132 e. The third-order valence-electron chi connectivity index (χ3n) is 2.75. The quantitative estimate of drug-likeness (QED) is 0.920. The van der Waals surface area contributed by atoms with Crippen molar-refractivity contribution < 1.29 is 9.13 Å². The van der Waals surface area contributed by atoms with Crippen molar-refractivity contribution >= 4 is 11.6 Å². The number of hydrogen-bond donors (Lipinski definition) is 1. The largest absolute Gasteiger partial charge is 0.497 e. The van der Waals surface area contributed by atoms with Crippen LogP contribution in [0.25, 0.3) is 11.1 Å². The summed E-state index contributed by atoms with van der Waals surface area (Å²) in [5.74, 6) is 0.343. The van der Waals surface area contributed by atoms with Crippen LogP contribution in [0.15, 0.2) is 36.4 Å². The Labute approximate surface area is 110 Å². The molecule has 0 aromatic heterocycles. The highest BCUT2D eigenvalue weighted by atomic mass is 35.5. The zero-order valence-electron chi connectivity index (χ0n) is 9.91. The lowest BCUT2D eigenvalue weighted by molar-refractivity contribution is 0.414. The summed E-state index contributed by atoms with van der Waals surface area (Å²) in [5, 5.41) is 0.374. The first-order chi connectivity index (χ1) is 8.65. The van der Waals surface area contributed by atoms with E-state index in [0.29, 0.717) is 22.9 Å². The highest BCUT2D eigenvalue weighted by Crippen LogP contribution is 2.30. The minimum Gasteiger partial charge on any atom is -0.497 e. The average Bonchev–Trinajstić information content (AvgIpc) is 2.38. The lowest BCUT2D eigenvalue weighted by atomic mass is 9.99. The third kappa shape index (κ3) is 2.47. The standard InChI is InChI=1S/C14H13ClFNO/c1-18-11-3-5-12(9(6-11)8-17)13-4-2-10(15)7-14(13)16/h2-7H,8,17H2,1H3. The Morgan fingerprint density at radius 3 is 2.50 bits per heavy atom. The normalized spacial score (nSPS) is 10.4. The van der Waals surface area contributed by atoms with Gasteiger partial charge in [-0.05, 0) is 41.5 Å². The lowest BCUT2D eigenvalue weighted by Crippen LogP contribution is -2.00. The molecule has 0 bridgehead atoms. The van der Waals surface area contributed by atoms with Crippen molar-refractivity contribution in [3.63, 3.8) is 0 Å². The van der Waals surface area contributed by atoms with Gasteiger partial charge in [0.15, 0.2) is 0 Å². The summed E-state index contributed by atoms with van der Waals surface area (Å²) in [5.41, 5.74) is 7.76. The maximum absolute atomic E-state index is 13.9. The number of nitrogens with two attached hydrogens (primary N) is 1. The van der Waals surface area contributed by atoms with Crippen LogP contribution in [0.4, 0.5) is 4.39 Å². The van der Waals surface area contributed by atoms with E-state index in [4.69, 9.17) is 22.1 Å². The fraction of sp³-hybridized carbons (Fsp3) is 0.143. The second-order valence-corrected chi connectivity index (χ2v) is 4.29. The van der Waals surface area contributed by atoms with E-state index < -0.39 is 0 Å². The van der Waals surface area contributed by atoms with E-state index in [1.54, 1.807) is 31.4 Å². The summed E-state index contributed by atoms with van der Waals surface area (Å²) >= 11 is 5.74. The Morgan fingerprint density at radius 1 is 1.17 bits per heavy atom. The molecule has 2 N–H and O–H groups in total. The Bertz CT molecular complexity index is 572. The van der Waals surface area contributed by atoms with Crippen LogP contribution in [0.1, 0.15) is 5.56 Å². The molecule has 2 rings (SSSR count). The fourth-order valence-electron chi connectivity index (χ4n) is 1.84. The minimum atomic E-state index is -0.359. The van der Waals surface area contributed by atoms with E-state index in [1.807, 2.05) is 6.07 Å². The average molecular weight is 266 g/mol. The van der Waals surface area contributed by atoms with Gasteiger partial charge in [0.05, 0.1) is 7.11 Å². The van der Waals surface area contributed by atoms with Crippen LogP contribution in [-0.4, -0.2) is 7.11 Å². The van der Waals surface area contributed by atoms with Crippen LogP contribution in [0, 0.1) is 5.82 Å². The van der Waals surface area contributed by atoms with Crippen LogP contribution in [0.2, 0.25) is 5.02 Å². The lowest BCUT2D eigenvalue weighted by Gasteiger charge is -2.11. The Kier molecular flexibility index (Phi) is 3.84. The molecule has 0 aliphatic carbocycles. The number of benzene rings is 2. The van der Waals surface area contributed by atoms with E-state index >= 15 is 0 Å². The molecular weight excluding hydrogens is 253 g/mol. The van der Waals surface area contributed by atoms with Crippen LogP contribution >= 0.6 is 11.6 Å². The smallest absolute Gasteiger partial charge is 0.132 e. The molecule has 0 saturated heterocycles. The zero-order valence-corrected chi connectivity index (χ0v) is 10.7. The predicted octanol–water partition coefficient (Wildman–Crippen LogP) is 3.61. The molecule has 0 saturated carbocycles. The Morgan fingerprint density at radius 2 is 1.89 bits per heavy atom. The topological polar surface area (TPSA) is 35.2 Å². The number of hydrogen-bond acceptors (Lipinski definition) is 2. The summed E-state index contributed by atoms with van der Waals surface area (Å²) in [6, 6.07) is 9.99. The first-order valence-electron chi connectivity index (χ1n) is 5.48. The van der Waals surface area contributed by atoms with Gasteiger partial charge in [0, 0.05) is 17.1 Å². The summed E-state index contributed by atoms with van der Waals surface area (Å²) in [7, 11) is 1.58. The van der Waals surface area contributed by atoms with Crippen molar-refractivity contribution in [2.24, 2.45) is 5.73 Å². The van der Waals surface area contributed by atoms with Gasteiger partial charge in [0.25, 0.3) is 0 Å². The van der Waals surface area contributed by atoms with Gasteiger partial charge in [0.2, 0.25) is 0 Å². The van der Waals surface area contributed by atoms with Crippen molar-refractivity contribution in [2.75, 3.05) is 7.11 Å². The molecule has 0 aliphatic heterocycles. The molecule has 0 atom stereocenters. The van der Waals surface area contributed by atoms with Gasteiger partial charge in [-0.15, -0.1) is 0 Å².